The summed E-state index contributed by atoms with van der Waals surface area (Å²) in [5.41, 5.74) is 3.88. The molecule has 3 rings (SSSR count). The van der Waals surface area contributed by atoms with Gasteiger partial charge >= 0.3 is 0 Å². The highest BCUT2D eigenvalue weighted by atomic mass is 16.6. The van der Waals surface area contributed by atoms with Crippen molar-refractivity contribution in [3.63, 3.8) is 0 Å². The number of aryl methyl sites for hydroxylation is 2. The maximum atomic E-state index is 5.43. The number of aromatic nitrogens is 3. The molecule has 0 aliphatic heterocycles. The summed E-state index contributed by atoms with van der Waals surface area (Å²) in [5.74, 6) is 0.676. The monoisotopic (exact) mass is 284 g/mol. The van der Waals surface area contributed by atoms with Gasteiger partial charge in [-0.15, -0.1) is 0 Å². The van der Waals surface area contributed by atoms with Crippen molar-refractivity contribution in [1.82, 2.24) is 14.8 Å². The molecule has 1 aromatic carbocycles. The van der Waals surface area contributed by atoms with E-state index in [0.29, 0.717) is 5.84 Å². The van der Waals surface area contributed by atoms with E-state index in [1.54, 1.807) is 11.0 Å². The fraction of sp³-hybridized carbons (Fsp3) is 0.438. The molecular weight excluding hydrogens is 264 g/mol. The van der Waals surface area contributed by atoms with Gasteiger partial charge in [-0.25, -0.2) is 4.98 Å². The van der Waals surface area contributed by atoms with E-state index in [2.05, 4.69) is 33.4 Å². The highest BCUT2D eigenvalue weighted by molar-refractivity contribution is 5.99. The zero-order valence-corrected chi connectivity index (χ0v) is 12.5. The first-order valence-electron chi connectivity index (χ1n) is 7.45. The molecule has 0 amide bonds. The summed E-state index contributed by atoms with van der Waals surface area (Å²) < 4.78 is 1.65. The Hall–Kier alpha value is -2.17. The van der Waals surface area contributed by atoms with Crippen molar-refractivity contribution < 1.29 is 4.84 Å². The van der Waals surface area contributed by atoms with Crippen LogP contribution in [0.25, 0.3) is 0 Å². The van der Waals surface area contributed by atoms with Gasteiger partial charge in [-0.3, -0.25) is 0 Å². The van der Waals surface area contributed by atoms with E-state index in [1.807, 2.05) is 13.8 Å². The fourth-order valence-electron chi connectivity index (χ4n) is 2.57. The molecule has 0 fully saturated rings. The standard InChI is InChI=1S/C16H20N4O/c1-12(2)21-19-16(20-11-17-10-18-20)15-8-7-13-5-3-4-6-14(13)9-15/h7-12H,3-6H2,1-2H3/b19-16+. The Morgan fingerprint density at radius 1 is 1.24 bits per heavy atom. The predicted octanol–water partition coefficient (Wildman–Crippen LogP) is 2.79. The SMILES string of the molecule is CC(C)O/N=C(\c1ccc2c(c1)CCCC2)n1cncn1. The second-order valence-electron chi connectivity index (χ2n) is 5.60. The Labute approximate surface area is 124 Å². The summed E-state index contributed by atoms with van der Waals surface area (Å²) in [7, 11) is 0. The van der Waals surface area contributed by atoms with Crippen molar-refractivity contribution in [2.75, 3.05) is 0 Å². The number of oxime groups is 1. The van der Waals surface area contributed by atoms with Gasteiger partial charge in [-0.1, -0.05) is 17.3 Å². The maximum absolute atomic E-state index is 5.43. The maximum Gasteiger partial charge on any atom is 0.201 e. The smallest absolute Gasteiger partial charge is 0.201 e. The van der Waals surface area contributed by atoms with Crippen molar-refractivity contribution in [3.8, 4) is 0 Å². The molecule has 2 aromatic rings. The number of rotatable bonds is 3. The minimum Gasteiger partial charge on any atom is -0.391 e. The minimum absolute atomic E-state index is 0.0288. The molecule has 1 aliphatic carbocycles. The number of hydrogen-bond donors (Lipinski definition) is 0. The molecule has 0 radical (unpaired) electrons. The Bertz CT molecular complexity index is 632. The van der Waals surface area contributed by atoms with Crippen LogP contribution in [0.4, 0.5) is 0 Å². The first kappa shape index (κ1) is 13.8. The van der Waals surface area contributed by atoms with Crippen molar-refractivity contribution >= 4 is 5.84 Å². The molecule has 1 aromatic heterocycles. The zero-order chi connectivity index (χ0) is 14.7. The van der Waals surface area contributed by atoms with Crippen molar-refractivity contribution in [1.29, 1.82) is 0 Å². The van der Waals surface area contributed by atoms with E-state index in [9.17, 15) is 0 Å². The summed E-state index contributed by atoms with van der Waals surface area (Å²) in [5, 5.41) is 8.44. The van der Waals surface area contributed by atoms with E-state index in [1.165, 1.54) is 36.7 Å². The summed E-state index contributed by atoms with van der Waals surface area (Å²) in [6, 6.07) is 6.50. The molecule has 1 heterocycles. The molecule has 21 heavy (non-hydrogen) atoms. The van der Waals surface area contributed by atoms with Crippen LogP contribution in [0.1, 0.15) is 43.4 Å². The number of fused-ring (bicyclic) bond motifs is 1. The van der Waals surface area contributed by atoms with Gasteiger partial charge in [0, 0.05) is 5.56 Å². The van der Waals surface area contributed by atoms with Gasteiger partial charge in [-0.2, -0.15) is 9.78 Å². The molecule has 5 heteroatoms. The molecule has 0 spiro atoms. The molecule has 0 N–H and O–H groups in total. The average Bonchev–Trinajstić information content (AvgIpc) is 3.01. The van der Waals surface area contributed by atoms with Gasteiger partial charge in [0.1, 0.15) is 18.8 Å². The van der Waals surface area contributed by atoms with Gasteiger partial charge in [0.15, 0.2) is 0 Å². The molecule has 0 bridgehead atoms. The van der Waals surface area contributed by atoms with Crippen LogP contribution in [0.2, 0.25) is 0 Å². The first-order valence-corrected chi connectivity index (χ1v) is 7.45. The fourth-order valence-corrected chi connectivity index (χ4v) is 2.57. The Morgan fingerprint density at radius 2 is 2.05 bits per heavy atom. The van der Waals surface area contributed by atoms with E-state index >= 15 is 0 Å². The number of hydrogen-bond acceptors (Lipinski definition) is 4. The first-order chi connectivity index (χ1) is 10.2. The van der Waals surface area contributed by atoms with Crippen LogP contribution in [-0.2, 0) is 17.7 Å². The molecule has 0 saturated heterocycles. The van der Waals surface area contributed by atoms with Gasteiger partial charge in [0.2, 0.25) is 5.84 Å². The number of nitrogens with zero attached hydrogens (tertiary/aromatic N) is 4. The minimum atomic E-state index is 0.0288. The molecule has 1 aliphatic rings. The zero-order valence-electron chi connectivity index (χ0n) is 12.5. The normalized spacial score (nSPS) is 15.1. The molecule has 0 saturated carbocycles. The predicted molar refractivity (Wildman–Crippen MR) is 81.3 cm³/mol. The van der Waals surface area contributed by atoms with E-state index in [-0.39, 0.29) is 6.10 Å². The van der Waals surface area contributed by atoms with Crippen LogP contribution >= 0.6 is 0 Å². The number of benzene rings is 1. The largest absolute Gasteiger partial charge is 0.391 e. The summed E-state index contributed by atoms with van der Waals surface area (Å²) >= 11 is 0. The van der Waals surface area contributed by atoms with Crippen molar-refractivity contribution in [2.45, 2.75) is 45.6 Å². The third kappa shape index (κ3) is 3.12. The van der Waals surface area contributed by atoms with Crippen LogP contribution in [0, 0.1) is 0 Å². The summed E-state index contributed by atoms with van der Waals surface area (Å²) in [6.45, 7) is 3.91. The Morgan fingerprint density at radius 3 is 2.76 bits per heavy atom. The third-order valence-corrected chi connectivity index (χ3v) is 3.59. The highest BCUT2D eigenvalue weighted by Crippen LogP contribution is 2.22. The van der Waals surface area contributed by atoms with Gasteiger partial charge in [-0.05, 0) is 56.7 Å². The molecule has 110 valence electrons. The summed E-state index contributed by atoms with van der Waals surface area (Å²) in [4.78, 5) is 9.42. The van der Waals surface area contributed by atoms with Gasteiger partial charge in [0.05, 0.1) is 0 Å². The van der Waals surface area contributed by atoms with Crippen LogP contribution in [0.3, 0.4) is 0 Å². The second-order valence-corrected chi connectivity index (χ2v) is 5.60. The highest BCUT2D eigenvalue weighted by Gasteiger charge is 2.14. The molecule has 0 unspecified atom stereocenters. The molecule has 5 nitrogen and oxygen atoms in total. The van der Waals surface area contributed by atoms with Crippen molar-refractivity contribution in [3.05, 3.63) is 47.5 Å². The quantitative estimate of drug-likeness (QED) is 0.495. The summed E-state index contributed by atoms with van der Waals surface area (Å²) in [6.07, 6.45) is 8.03. The van der Waals surface area contributed by atoms with Crippen LogP contribution in [0.15, 0.2) is 36.0 Å². The lowest BCUT2D eigenvalue weighted by molar-refractivity contribution is 0.0851. The average molecular weight is 284 g/mol. The van der Waals surface area contributed by atoms with Gasteiger partial charge < -0.3 is 4.84 Å². The van der Waals surface area contributed by atoms with Gasteiger partial charge in [0.25, 0.3) is 0 Å². The Balaban J connectivity index is 1.98. The topological polar surface area (TPSA) is 52.3 Å². The van der Waals surface area contributed by atoms with E-state index in [0.717, 1.165) is 12.0 Å². The van der Waals surface area contributed by atoms with Crippen LogP contribution in [0.5, 0.6) is 0 Å². The van der Waals surface area contributed by atoms with Crippen LogP contribution in [-0.4, -0.2) is 26.7 Å². The lowest BCUT2D eigenvalue weighted by Crippen LogP contribution is -2.17. The Kier molecular flexibility index (Phi) is 3.99. The molecule has 0 atom stereocenters. The molecular formula is C16H20N4O. The van der Waals surface area contributed by atoms with E-state index in [4.69, 9.17) is 4.84 Å². The van der Waals surface area contributed by atoms with Crippen molar-refractivity contribution in [2.24, 2.45) is 5.16 Å². The van der Waals surface area contributed by atoms with E-state index < -0.39 is 0 Å². The second kappa shape index (κ2) is 6.08. The third-order valence-electron chi connectivity index (χ3n) is 3.59. The lowest BCUT2D eigenvalue weighted by Gasteiger charge is -2.17. The lowest BCUT2D eigenvalue weighted by atomic mass is 9.90. The van der Waals surface area contributed by atoms with Crippen LogP contribution < -0.4 is 0 Å².